The van der Waals surface area contributed by atoms with Crippen molar-refractivity contribution in [1.82, 2.24) is 4.90 Å². The van der Waals surface area contributed by atoms with E-state index in [1.807, 2.05) is 6.92 Å². The highest BCUT2D eigenvalue weighted by atomic mass is 16.5. The third-order valence-corrected chi connectivity index (χ3v) is 3.34. The van der Waals surface area contributed by atoms with Gasteiger partial charge in [0.1, 0.15) is 0 Å². The van der Waals surface area contributed by atoms with E-state index < -0.39 is 0 Å². The van der Waals surface area contributed by atoms with E-state index in [4.69, 9.17) is 4.74 Å². The molecule has 1 saturated heterocycles. The summed E-state index contributed by atoms with van der Waals surface area (Å²) in [5, 5.41) is 9.46. The van der Waals surface area contributed by atoms with Gasteiger partial charge in [-0.3, -0.25) is 9.69 Å². The zero-order valence-electron chi connectivity index (χ0n) is 9.77. The van der Waals surface area contributed by atoms with E-state index >= 15 is 0 Å². The number of rotatable bonds is 3. The highest BCUT2D eigenvalue weighted by molar-refractivity contribution is 5.72. The first kappa shape index (κ1) is 12.5. The van der Waals surface area contributed by atoms with E-state index in [-0.39, 0.29) is 24.0 Å². The molecule has 0 aromatic heterocycles. The predicted molar refractivity (Wildman–Crippen MR) is 57.5 cm³/mol. The molecule has 4 nitrogen and oxygen atoms in total. The van der Waals surface area contributed by atoms with Crippen LogP contribution in [0.2, 0.25) is 0 Å². The molecule has 15 heavy (non-hydrogen) atoms. The molecule has 1 aliphatic heterocycles. The van der Waals surface area contributed by atoms with Crippen LogP contribution >= 0.6 is 0 Å². The highest BCUT2D eigenvalue weighted by Gasteiger charge is 2.28. The van der Waals surface area contributed by atoms with Crippen molar-refractivity contribution in [2.24, 2.45) is 5.92 Å². The van der Waals surface area contributed by atoms with Crippen molar-refractivity contribution < 1.29 is 14.6 Å². The molecule has 0 bridgehead atoms. The van der Waals surface area contributed by atoms with Crippen molar-refractivity contribution >= 4 is 5.97 Å². The van der Waals surface area contributed by atoms with Crippen LogP contribution in [0.15, 0.2) is 0 Å². The number of likely N-dealkylation sites (tertiary alicyclic amines) is 1. The van der Waals surface area contributed by atoms with E-state index in [1.165, 1.54) is 7.11 Å². The lowest BCUT2D eigenvalue weighted by Crippen LogP contribution is -2.46. The first-order valence-corrected chi connectivity index (χ1v) is 5.56. The molecule has 4 heteroatoms. The first-order chi connectivity index (χ1) is 7.06. The largest absolute Gasteiger partial charge is 0.469 e. The fourth-order valence-electron chi connectivity index (χ4n) is 2.01. The van der Waals surface area contributed by atoms with Crippen molar-refractivity contribution in [1.29, 1.82) is 0 Å². The molecule has 2 atom stereocenters. The summed E-state index contributed by atoms with van der Waals surface area (Å²) in [5.74, 6) is -0.0493. The minimum Gasteiger partial charge on any atom is -0.469 e. The molecule has 1 aliphatic rings. The summed E-state index contributed by atoms with van der Waals surface area (Å²) >= 11 is 0. The summed E-state index contributed by atoms with van der Waals surface area (Å²) in [6, 6.07) is 0.170. The summed E-state index contributed by atoms with van der Waals surface area (Å²) < 4.78 is 4.73. The van der Waals surface area contributed by atoms with Gasteiger partial charge in [0, 0.05) is 6.04 Å². The molecule has 88 valence electrons. The molecular formula is C11H21NO3. The van der Waals surface area contributed by atoms with Gasteiger partial charge in [0.05, 0.1) is 19.1 Å². The van der Waals surface area contributed by atoms with Crippen LogP contribution in [0.5, 0.6) is 0 Å². The molecule has 0 aromatic rings. The van der Waals surface area contributed by atoms with E-state index in [9.17, 15) is 9.90 Å². The number of aliphatic hydroxyl groups excluding tert-OH is 1. The number of hydrogen-bond acceptors (Lipinski definition) is 4. The quantitative estimate of drug-likeness (QED) is 0.702. The molecule has 0 radical (unpaired) electrons. The van der Waals surface area contributed by atoms with Gasteiger partial charge < -0.3 is 9.84 Å². The number of aliphatic hydroxyl groups is 1. The average Bonchev–Trinajstić information content (AvgIpc) is 2.27. The van der Waals surface area contributed by atoms with Gasteiger partial charge in [-0.15, -0.1) is 0 Å². The van der Waals surface area contributed by atoms with E-state index in [1.54, 1.807) is 6.92 Å². The number of carbonyl (C=O) groups is 1. The van der Waals surface area contributed by atoms with Crippen LogP contribution in [-0.2, 0) is 9.53 Å². The Labute approximate surface area is 91.2 Å². The number of piperidine rings is 1. The zero-order valence-corrected chi connectivity index (χ0v) is 9.77. The van der Waals surface area contributed by atoms with Crippen LogP contribution in [0.25, 0.3) is 0 Å². The minimum absolute atomic E-state index is 0.0486. The van der Waals surface area contributed by atoms with Crippen LogP contribution in [0.3, 0.4) is 0 Å². The van der Waals surface area contributed by atoms with Crippen molar-refractivity contribution in [3.05, 3.63) is 0 Å². The summed E-state index contributed by atoms with van der Waals surface area (Å²) in [6.45, 7) is 5.55. The lowest BCUT2D eigenvalue weighted by Gasteiger charge is -2.36. The molecule has 1 fully saturated rings. The number of methoxy groups -OCH3 is 1. The molecule has 1 rings (SSSR count). The third-order valence-electron chi connectivity index (χ3n) is 3.34. The van der Waals surface area contributed by atoms with Gasteiger partial charge >= 0.3 is 5.97 Å². The highest BCUT2D eigenvalue weighted by Crippen LogP contribution is 2.20. The smallest absolute Gasteiger partial charge is 0.308 e. The van der Waals surface area contributed by atoms with Crippen molar-refractivity contribution in [2.45, 2.75) is 38.8 Å². The fraction of sp³-hybridized carbons (Fsp3) is 0.909. The Hall–Kier alpha value is -0.610. The third kappa shape index (κ3) is 3.18. The van der Waals surface area contributed by atoms with E-state index in [2.05, 4.69) is 4.90 Å². The number of esters is 1. The Morgan fingerprint density at radius 3 is 2.33 bits per heavy atom. The summed E-state index contributed by atoms with van der Waals surface area (Å²) in [7, 11) is 1.44. The maximum atomic E-state index is 11.3. The molecule has 0 aliphatic carbocycles. The second-order valence-electron chi connectivity index (χ2n) is 4.31. The number of nitrogens with zero attached hydrogens (tertiary/aromatic N) is 1. The van der Waals surface area contributed by atoms with Crippen molar-refractivity contribution in [3.63, 3.8) is 0 Å². The molecule has 0 spiro atoms. The SMILES string of the molecule is COC(=O)C1CCN(C(C)C(C)O)CC1. The van der Waals surface area contributed by atoms with E-state index in [0.29, 0.717) is 0 Å². The van der Waals surface area contributed by atoms with Gasteiger partial charge in [0.15, 0.2) is 0 Å². The lowest BCUT2D eigenvalue weighted by atomic mass is 9.95. The first-order valence-electron chi connectivity index (χ1n) is 5.56. The van der Waals surface area contributed by atoms with Crippen molar-refractivity contribution in [2.75, 3.05) is 20.2 Å². The lowest BCUT2D eigenvalue weighted by molar-refractivity contribution is -0.147. The Kier molecular flexibility index (Phi) is 4.54. The molecule has 0 saturated carbocycles. The van der Waals surface area contributed by atoms with Crippen LogP contribution in [0.1, 0.15) is 26.7 Å². The molecule has 1 heterocycles. The Morgan fingerprint density at radius 1 is 1.40 bits per heavy atom. The fourth-order valence-corrected chi connectivity index (χ4v) is 2.01. The second-order valence-corrected chi connectivity index (χ2v) is 4.31. The molecular weight excluding hydrogens is 194 g/mol. The Morgan fingerprint density at radius 2 is 1.93 bits per heavy atom. The van der Waals surface area contributed by atoms with Gasteiger partial charge in [0.25, 0.3) is 0 Å². The maximum Gasteiger partial charge on any atom is 0.308 e. The van der Waals surface area contributed by atoms with Gasteiger partial charge in [-0.2, -0.15) is 0 Å². The maximum absolute atomic E-state index is 11.3. The summed E-state index contributed by atoms with van der Waals surface area (Å²) in [5.41, 5.74) is 0. The van der Waals surface area contributed by atoms with Gasteiger partial charge in [-0.25, -0.2) is 0 Å². The van der Waals surface area contributed by atoms with E-state index in [0.717, 1.165) is 25.9 Å². The standard InChI is InChI=1S/C11H21NO3/c1-8(9(2)13)12-6-4-10(5-7-12)11(14)15-3/h8-10,13H,4-7H2,1-3H3. The van der Waals surface area contributed by atoms with Crippen LogP contribution in [0.4, 0.5) is 0 Å². The van der Waals surface area contributed by atoms with Crippen LogP contribution < -0.4 is 0 Å². The average molecular weight is 215 g/mol. The van der Waals surface area contributed by atoms with Crippen molar-refractivity contribution in [3.8, 4) is 0 Å². The second kappa shape index (κ2) is 5.47. The van der Waals surface area contributed by atoms with Gasteiger partial charge in [-0.1, -0.05) is 0 Å². The minimum atomic E-state index is -0.320. The molecule has 0 amide bonds. The normalized spacial score (nSPS) is 23.5. The zero-order chi connectivity index (χ0) is 11.4. The summed E-state index contributed by atoms with van der Waals surface area (Å²) in [4.78, 5) is 13.5. The van der Waals surface area contributed by atoms with Gasteiger partial charge in [-0.05, 0) is 39.8 Å². The Balaban J connectivity index is 2.39. The Bertz CT molecular complexity index is 210. The van der Waals surface area contributed by atoms with Crippen LogP contribution in [0, 0.1) is 5.92 Å². The number of carbonyl (C=O) groups excluding carboxylic acids is 1. The van der Waals surface area contributed by atoms with Gasteiger partial charge in [0.2, 0.25) is 0 Å². The predicted octanol–water partition coefficient (Wildman–Crippen LogP) is 0.641. The topological polar surface area (TPSA) is 49.8 Å². The number of hydrogen-bond donors (Lipinski definition) is 1. The molecule has 2 unspecified atom stereocenters. The van der Waals surface area contributed by atoms with Crippen LogP contribution in [-0.4, -0.2) is 48.3 Å². The molecule has 0 aromatic carbocycles. The number of ether oxygens (including phenoxy) is 1. The summed E-state index contributed by atoms with van der Waals surface area (Å²) in [6.07, 6.45) is 1.35. The molecule has 1 N–H and O–H groups in total. The monoisotopic (exact) mass is 215 g/mol.